The van der Waals surface area contributed by atoms with E-state index < -0.39 is 0 Å². The van der Waals surface area contributed by atoms with Crippen LogP contribution in [0.3, 0.4) is 0 Å². The molecule has 2 aromatic carbocycles. The smallest absolute Gasteiger partial charge is 0.217 e. The van der Waals surface area contributed by atoms with Crippen LogP contribution in [-0.4, -0.2) is 10.9 Å². The first-order chi connectivity index (χ1) is 13.1. The lowest BCUT2D eigenvalue weighted by Gasteiger charge is -2.12. The third-order valence-corrected chi connectivity index (χ3v) is 4.67. The van der Waals surface area contributed by atoms with E-state index in [0.717, 1.165) is 22.0 Å². The van der Waals surface area contributed by atoms with E-state index in [1.807, 2.05) is 66.7 Å². The largest absolute Gasteiger partial charge is 0.458 e. The van der Waals surface area contributed by atoms with Gasteiger partial charge in [0.15, 0.2) is 5.76 Å². The molecule has 1 amide bonds. The molecule has 0 saturated carbocycles. The maximum atomic E-state index is 11.1. The summed E-state index contributed by atoms with van der Waals surface area (Å²) in [5.74, 6) is 1.11. The molecule has 0 atom stereocenters. The first-order valence-electron chi connectivity index (χ1n) is 8.60. The van der Waals surface area contributed by atoms with Crippen LogP contribution in [0.4, 0.5) is 0 Å². The highest BCUT2D eigenvalue weighted by Gasteiger charge is 2.18. The maximum absolute atomic E-state index is 11.1. The van der Waals surface area contributed by atoms with Gasteiger partial charge in [0.2, 0.25) is 5.91 Å². The second-order valence-corrected chi connectivity index (χ2v) is 6.59. The minimum absolute atomic E-state index is 0.110. The Kier molecular flexibility index (Phi) is 4.65. The number of hydrogen-bond acceptors (Lipinski definition) is 3. The summed E-state index contributed by atoms with van der Waals surface area (Å²) in [4.78, 5) is 15.8. The summed E-state index contributed by atoms with van der Waals surface area (Å²) in [5, 5.41) is 4.25. The predicted molar refractivity (Wildman–Crippen MR) is 107 cm³/mol. The van der Waals surface area contributed by atoms with Crippen LogP contribution in [0.25, 0.3) is 33.5 Å². The number of fused-ring (bicyclic) bond motifs is 1. The highest BCUT2D eigenvalue weighted by Crippen LogP contribution is 2.40. The standard InChI is InChI=1S/C22H17ClN2O2/c1-14(26)24-13-16-11-12-19(27-16)22-21(23)20(15-7-3-2-4-8-15)17-9-5-6-10-18(17)25-22/h2-12H,13H2,1H3,(H,24,26). The van der Waals surface area contributed by atoms with E-state index in [2.05, 4.69) is 5.32 Å². The summed E-state index contributed by atoms with van der Waals surface area (Å²) < 4.78 is 5.88. The van der Waals surface area contributed by atoms with Gasteiger partial charge in [-0.3, -0.25) is 4.79 Å². The van der Waals surface area contributed by atoms with Crippen LogP contribution in [0.15, 0.2) is 71.1 Å². The quantitative estimate of drug-likeness (QED) is 0.515. The van der Waals surface area contributed by atoms with Gasteiger partial charge >= 0.3 is 0 Å². The van der Waals surface area contributed by atoms with Crippen LogP contribution in [0.1, 0.15) is 12.7 Å². The molecule has 0 saturated heterocycles. The molecule has 2 aromatic heterocycles. The Morgan fingerprint density at radius 1 is 1.04 bits per heavy atom. The fraction of sp³-hybridized carbons (Fsp3) is 0.0909. The van der Waals surface area contributed by atoms with Gasteiger partial charge in [0, 0.05) is 17.9 Å². The van der Waals surface area contributed by atoms with Gasteiger partial charge in [0.05, 0.1) is 17.1 Å². The Morgan fingerprint density at radius 3 is 2.56 bits per heavy atom. The maximum Gasteiger partial charge on any atom is 0.217 e. The van der Waals surface area contributed by atoms with Gasteiger partial charge < -0.3 is 9.73 Å². The van der Waals surface area contributed by atoms with Crippen molar-refractivity contribution in [2.24, 2.45) is 0 Å². The number of rotatable bonds is 4. The minimum atomic E-state index is -0.110. The van der Waals surface area contributed by atoms with Gasteiger partial charge in [-0.25, -0.2) is 4.98 Å². The molecule has 0 spiro atoms. The molecule has 5 heteroatoms. The summed E-state index contributed by atoms with van der Waals surface area (Å²) in [6.45, 7) is 1.80. The van der Waals surface area contributed by atoms with E-state index >= 15 is 0 Å². The van der Waals surface area contributed by atoms with E-state index in [9.17, 15) is 4.79 Å². The molecule has 134 valence electrons. The Hall–Kier alpha value is -3.11. The van der Waals surface area contributed by atoms with Gasteiger partial charge in [0.1, 0.15) is 11.5 Å². The normalized spacial score (nSPS) is 10.9. The van der Waals surface area contributed by atoms with E-state index in [1.54, 1.807) is 0 Å². The van der Waals surface area contributed by atoms with Crippen molar-refractivity contribution in [2.75, 3.05) is 0 Å². The van der Waals surface area contributed by atoms with Crippen LogP contribution in [0.5, 0.6) is 0 Å². The molecular weight excluding hydrogens is 360 g/mol. The molecule has 0 fully saturated rings. The second-order valence-electron chi connectivity index (χ2n) is 6.21. The predicted octanol–water partition coefficient (Wildman–Crippen LogP) is 5.45. The zero-order valence-corrected chi connectivity index (χ0v) is 15.5. The van der Waals surface area contributed by atoms with Gasteiger partial charge in [0.25, 0.3) is 0 Å². The number of furan rings is 1. The number of halogens is 1. The third-order valence-electron chi connectivity index (χ3n) is 4.30. The second kappa shape index (κ2) is 7.25. The molecule has 4 nitrogen and oxygen atoms in total. The molecule has 0 unspecified atom stereocenters. The SMILES string of the molecule is CC(=O)NCc1ccc(-c2nc3ccccc3c(-c3ccccc3)c2Cl)o1. The zero-order chi connectivity index (χ0) is 18.8. The molecule has 0 bridgehead atoms. The monoisotopic (exact) mass is 376 g/mol. The summed E-state index contributed by atoms with van der Waals surface area (Å²) in [7, 11) is 0. The third kappa shape index (κ3) is 3.44. The average Bonchev–Trinajstić information content (AvgIpc) is 3.15. The first-order valence-corrected chi connectivity index (χ1v) is 8.98. The van der Waals surface area contributed by atoms with E-state index in [-0.39, 0.29) is 5.91 Å². The van der Waals surface area contributed by atoms with Gasteiger partial charge in [-0.2, -0.15) is 0 Å². The molecule has 1 N–H and O–H groups in total. The minimum Gasteiger partial charge on any atom is -0.458 e. The van der Waals surface area contributed by atoms with Crippen molar-refractivity contribution in [3.8, 4) is 22.6 Å². The molecule has 2 heterocycles. The Bertz CT molecular complexity index is 1120. The van der Waals surface area contributed by atoms with Crippen molar-refractivity contribution < 1.29 is 9.21 Å². The number of pyridine rings is 1. The van der Waals surface area contributed by atoms with Crippen LogP contribution in [0.2, 0.25) is 5.02 Å². The number of hydrogen-bond donors (Lipinski definition) is 1. The number of para-hydroxylation sites is 1. The van der Waals surface area contributed by atoms with E-state index in [1.165, 1.54) is 6.92 Å². The average molecular weight is 377 g/mol. The Labute approximate surface area is 161 Å². The van der Waals surface area contributed by atoms with Crippen LogP contribution in [-0.2, 0) is 11.3 Å². The zero-order valence-electron chi connectivity index (χ0n) is 14.7. The number of carbonyl (C=O) groups excluding carboxylic acids is 1. The number of nitrogens with one attached hydrogen (secondary N) is 1. The number of aromatic nitrogens is 1. The molecule has 4 aromatic rings. The molecule has 0 aliphatic carbocycles. The molecule has 27 heavy (non-hydrogen) atoms. The number of amides is 1. The number of benzene rings is 2. The fourth-order valence-corrected chi connectivity index (χ4v) is 3.40. The van der Waals surface area contributed by atoms with Crippen LogP contribution < -0.4 is 5.32 Å². The fourth-order valence-electron chi connectivity index (χ4n) is 3.05. The van der Waals surface area contributed by atoms with Crippen molar-refractivity contribution in [2.45, 2.75) is 13.5 Å². The summed E-state index contributed by atoms with van der Waals surface area (Å²) in [5.41, 5.74) is 3.38. The summed E-state index contributed by atoms with van der Waals surface area (Å²) >= 11 is 6.80. The van der Waals surface area contributed by atoms with Crippen molar-refractivity contribution in [1.82, 2.24) is 10.3 Å². The van der Waals surface area contributed by atoms with Crippen molar-refractivity contribution in [3.63, 3.8) is 0 Å². The molecule has 0 aliphatic heterocycles. The Morgan fingerprint density at radius 2 is 1.78 bits per heavy atom. The van der Waals surface area contributed by atoms with E-state index in [0.29, 0.717) is 28.8 Å². The van der Waals surface area contributed by atoms with Gasteiger partial charge in [-0.1, -0.05) is 60.1 Å². The van der Waals surface area contributed by atoms with Crippen molar-refractivity contribution >= 4 is 28.4 Å². The summed E-state index contributed by atoms with van der Waals surface area (Å²) in [6, 6.07) is 21.6. The lowest BCUT2D eigenvalue weighted by Crippen LogP contribution is -2.18. The van der Waals surface area contributed by atoms with Crippen LogP contribution in [0, 0.1) is 0 Å². The molecular formula is C22H17ClN2O2. The van der Waals surface area contributed by atoms with Gasteiger partial charge in [-0.15, -0.1) is 0 Å². The van der Waals surface area contributed by atoms with Crippen molar-refractivity contribution in [3.05, 3.63) is 77.5 Å². The molecule has 0 radical (unpaired) electrons. The molecule has 0 aliphatic rings. The van der Waals surface area contributed by atoms with Crippen LogP contribution >= 0.6 is 11.6 Å². The Balaban J connectivity index is 1.87. The first kappa shape index (κ1) is 17.3. The topological polar surface area (TPSA) is 55.1 Å². The highest BCUT2D eigenvalue weighted by atomic mass is 35.5. The number of carbonyl (C=O) groups is 1. The van der Waals surface area contributed by atoms with Crippen molar-refractivity contribution in [1.29, 1.82) is 0 Å². The lowest BCUT2D eigenvalue weighted by molar-refractivity contribution is -0.119. The lowest BCUT2D eigenvalue weighted by atomic mass is 9.99. The molecule has 4 rings (SSSR count). The summed E-state index contributed by atoms with van der Waals surface area (Å²) in [6.07, 6.45) is 0. The van der Waals surface area contributed by atoms with Gasteiger partial charge in [-0.05, 0) is 23.8 Å². The van der Waals surface area contributed by atoms with E-state index in [4.69, 9.17) is 21.0 Å². The highest BCUT2D eigenvalue weighted by molar-refractivity contribution is 6.37. The number of nitrogens with zero attached hydrogens (tertiary/aromatic N) is 1.